The fourth-order valence-corrected chi connectivity index (χ4v) is 0.854. The molecule has 0 spiro atoms. The predicted octanol–water partition coefficient (Wildman–Crippen LogP) is 0.468. The van der Waals surface area contributed by atoms with Gasteiger partial charge in [-0.1, -0.05) is 0 Å². The van der Waals surface area contributed by atoms with E-state index < -0.39 is 24.6 Å². The summed E-state index contributed by atoms with van der Waals surface area (Å²) >= 11 is 0. The predicted molar refractivity (Wildman–Crippen MR) is 44.5 cm³/mol. The summed E-state index contributed by atoms with van der Waals surface area (Å²) in [4.78, 5) is 24.1. The van der Waals surface area contributed by atoms with E-state index in [2.05, 4.69) is 4.98 Å². The van der Waals surface area contributed by atoms with Crippen molar-refractivity contribution in [1.82, 2.24) is 9.55 Å². The second-order valence-electron chi connectivity index (χ2n) is 2.78. The molecule has 0 saturated carbocycles. The Labute approximate surface area is 86.7 Å². The number of alkyl halides is 3. The quantitative estimate of drug-likeness (QED) is 0.800. The van der Waals surface area contributed by atoms with Crippen molar-refractivity contribution in [3.8, 4) is 0 Å². The molecule has 6 nitrogen and oxygen atoms in total. The molecule has 0 atom stereocenters. The van der Waals surface area contributed by atoms with Crippen LogP contribution in [0.3, 0.4) is 0 Å². The van der Waals surface area contributed by atoms with Gasteiger partial charge in [0.25, 0.3) is 0 Å². The molecule has 0 aliphatic rings. The number of rotatable bonds is 3. The highest BCUT2D eigenvalue weighted by molar-refractivity contribution is 5.94. The first-order chi connectivity index (χ1) is 7.29. The summed E-state index contributed by atoms with van der Waals surface area (Å²) in [5.74, 6) is -3.69. The third-order valence-electron chi connectivity index (χ3n) is 1.45. The molecule has 0 aromatic carbocycles. The van der Waals surface area contributed by atoms with Crippen LogP contribution in [0.15, 0.2) is 12.5 Å². The molecule has 1 aromatic rings. The second kappa shape index (κ2) is 4.21. The van der Waals surface area contributed by atoms with E-state index in [4.69, 9.17) is 5.11 Å². The summed E-state index contributed by atoms with van der Waals surface area (Å²) in [6.07, 6.45) is -3.02. The zero-order valence-corrected chi connectivity index (χ0v) is 7.65. The standard InChI is InChI=1S/C7H6F3N3O3/c8-7(9,10)6(16)12-4-1-13(3-11-4)2-5(14)15/h1,3H,2H2,(H,12,16)(H,14,15). The van der Waals surface area contributed by atoms with E-state index in [1.165, 1.54) is 5.32 Å². The van der Waals surface area contributed by atoms with E-state index >= 15 is 0 Å². The number of aliphatic carboxylic acids is 1. The number of amides is 1. The Bertz CT molecular complexity index is 412. The minimum atomic E-state index is -5.00. The lowest BCUT2D eigenvalue weighted by Gasteiger charge is -2.04. The molecule has 1 amide bonds. The summed E-state index contributed by atoms with van der Waals surface area (Å²) in [6.45, 7) is -0.450. The Morgan fingerprint density at radius 2 is 2.12 bits per heavy atom. The topological polar surface area (TPSA) is 84.2 Å². The molecule has 2 N–H and O–H groups in total. The number of nitrogens with zero attached hydrogens (tertiary/aromatic N) is 2. The van der Waals surface area contributed by atoms with Gasteiger partial charge in [-0.15, -0.1) is 0 Å². The molecule has 0 bridgehead atoms. The Morgan fingerprint density at radius 1 is 1.50 bits per heavy atom. The van der Waals surface area contributed by atoms with Gasteiger partial charge in [-0.2, -0.15) is 13.2 Å². The van der Waals surface area contributed by atoms with Crippen LogP contribution in [0.4, 0.5) is 19.0 Å². The van der Waals surface area contributed by atoms with Crippen LogP contribution in [0.5, 0.6) is 0 Å². The Hall–Kier alpha value is -2.06. The molecule has 0 aliphatic carbocycles. The minimum absolute atomic E-state index is 0.358. The van der Waals surface area contributed by atoms with Crippen LogP contribution in [-0.4, -0.2) is 32.7 Å². The Kier molecular flexibility index (Phi) is 3.16. The van der Waals surface area contributed by atoms with Gasteiger partial charge in [0.1, 0.15) is 6.54 Å². The third kappa shape index (κ3) is 3.26. The molecule has 9 heteroatoms. The van der Waals surface area contributed by atoms with Gasteiger partial charge in [-0.3, -0.25) is 9.59 Å². The molecule has 1 aromatic heterocycles. The molecule has 0 fully saturated rings. The van der Waals surface area contributed by atoms with Gasteiger partial charge in [0.05, 0.1) is 6.33 Å². The summed E-state index contributed by atoms with van der Waals surface area (Å²) in [5.41, 5.74) is 0. The minimum Gasteiger partial charge on any atom is -0.480 e. The van der Waals surface area contributed by atoms with Gasteiger partial charge in [0.15, 0.2) is 5.82 Å². The molecule has 0 saturated heterocycles. The van der Waals surface area contributed by atoms with E-state index in [9.17, 15) is 22.8 Å². The normalized spacial score (nSPS) is 11.2. The summed E-state index contributed by atoms with van der Waals surface area (Å²) in [7, 11) is 0. The maximum Gasteiger partial charge on any atom is 0.471 e. The number of halogens is 3. The van der Waals surface area contributed by atoms with E-state index in [-0.39, 0.29) is 5.82 Å². The van der Waals surface area contributed by atoms with Crippen molar-refractivity contribution in [2.75, 3.05) is 5.32 Å². The SMILES string of the molecule is O=C(O)Cn1cnc(NC(=O)C(F)(F)F)c1. The van der Waals surface area contributed by atoms with Crippen molar-refractivity contribution < 1.29 is 27.9 Å². The maximum absolute atomic E-state index is 11.8. The molecule has 0 radical (unpaired) electrons. The molecule has 1 heterocycles. The zero-order chi connectivity index (χ0) is 12.3. The van der Waals surface area contributed by atoms with Crippen LogP contribution in [0, 0.1) is 0 Å². The smallest absolute Gasteiger partial charge is 0.471 e. The number of hydrogen-bond donors (Lipinski definition) is 2. The van der Waals surface area contributed by atoms with Crippen molar-refractivity contribution in [2.24, 2.45) is 0 Å². The summed E-state index contributed by atoms with van der Waals surface area (Å²) < 4.78 is 36.5. The highest BCUT2D eigenvalue weighted by Gasteiger charge is 2.39. The molecule has 16 heavy (non-hydrogen) atoms. The third-order valence-corrected chi connectivity index (χ3v) is 1.45. The number of nitrogens with one attached hydrogen (secondary N) is 1. The van der Waals surface area contributed by atoms with E-state index in [1.807, 2.05) is 0 Å². The van der Waals surface area contributed by atoms with Crippen LogP contribution in [0.2, 0.25) is 0 Å². The van der Waals surface area contributed by atoms with Gasteiger partial charge in [0, 0.05) is 6.20 Å². The molecular weight excluding hydrogens is 231 g/mol. The first kappa shape index (κ1) is 12.0. The van der Waals surface area contributed by atoms with Crippen molar-refractivity contribution >= 4 is 17.7 Å². The number of carboxylic acids is 1. The van der Waals surface area contributed by atoms with E-state index in [0.717, 1.165) is 17.1 Å². The van der Waals surface area contributed by atoms with Crippen LogP contribution in [-0.2, 0) is 16.1 Å². The molecule has 0 aliphatic heterocycles. The summed E-state index contributed by atoms with van der Waals surface area (Å²) in [6, 6.07) is 0. The van der Waals surface area contributed by atoms with E-state index in [0.29, 0.717) is 0 Å². The highest BCUT2D eigenvalue weighted by atomic mass is 19.4. The molecule has 0 unspecified atom stereocenters. The fourth-order valence-electron chi connectivity index (χ4n) is 0.854. The van der Waals surface area contributed by atoms with Gasteiger partial charge in [-0.25, -0.2) is 4.98 Å². The number of imidazole rings is 1. The number of aromatic nitrogens is 2. The number of carboxylic acid groups (broad SMARTS) is 1. The number of hydrogen-bond acceptors (Lipinski definition) is 3. The van der Waals surface area contributed by atoms with Crippen LogP contribution < -0.4 is 5.32 Å². The lowest BCUT2D eigenvalue weighted by Crippen LogP contribution is -2.30. The largest absolute Gasteiger partial charge is 0.480 e. The van der Waals surface area contributed by atoms with Gasteiger partial charge < -0.3 is 15.0 Å². The molecule has 88 valence electrons. The van der Waals surface area contributed by atoms with Crippen molar-refractivity contribution in [3.63, 3.8) is 0 Å². The monoisotopic (exact) mass is 237 g/mol. The highest BCUT2D eigenvalue weighted by Crippen LogP contribution is 2.17. The van der Waals surface area contributed by atoms with Gasteiger partial charge in [0.2, 0.25) is 0 Å². The molecule has 1 rings (SSSR count). The average Bonchev–Trinajstić information content (AvgIpc) is 2.49. The van der Waals surface area contributed by atoms with Crippen LogP contribution in [0.25, 0.3) is 0 Å². The maximum atomic E-state index is 11.8. The van der Waals surface area contributed by atoms with Crippen LogP contribution in [0.1, 0.15) is 0 Å². The second-order valence-corrected chi connectivity index (χ2v) is 2.78. The Morgan fingerprint density at radius 3 is 2.62 bits per heavy atom. The van der Waals surface area contributed by atoms with Crippen LogP contribution >= 0.6 is 0 Å². The number of carbonyl (C=O) groups excluding carboxylic acids is 1. The summed E-state index contributed by atoms with van der Waals surface area (Å²) in [5, 5.41) is 9.86. The van der Waals surface area contributed by atoms with E-state index in [1.54, 1.807) is 0 Å². The first-order valence-electron chi connectivity index (χ1n) is 3.91. The fraction of sp³-hybridized carbons (Fsp3) is 0.286. The van der Waals surface area contributed by atoms with Crippen molar-refractivity contribution in [3.05, 3.63) is 12.5 Å². The van der Waals surface area contributed by atoms with Crippen molar-refractivity contribution in [2.45, 2.75) is 12.7 Å². The first-order valence-corrected chi connectivity index (χ1v) is 3.91. The van der Waals surface area contributed by atoms with Gasteiger partial charge in [-0.05, 0) is 0 Å². The zero-order valence-electron chi connectivity index (χ0n) is 7.65. The lowest BCUT2D eigenvalue weighted by molar-refractivity contribution is -0.167. The average molecular weight is 237 g/mol. The van der Waals surface area contributed by atoms with Crippen molar-refractivity contribution in [1.29, 1.82) is 0 Å². The van der Waals surface area contributed by atoms with Gasteiger partial charge >= 0.3 is 18.1 Å². The molecular formula is C7H6F3N3O3. The Balaban J connectivity index is 2.66. The lowest BCUT2D eigenvalue weighted by atomic mass is 10.5. The number of anilines is 1. The number of carbonyl (C=O) groups is 2.